The number of rotatable bonds is 2. The Kier molecular flexibility index (Phi) is 6.88. The number of aromatic amines is 1. The number of H-pyrrole nitrogens is 1. The van der Waals surface area contributed by atoms with Gasteiger partial charge in [-0.05, 0) is 122 Å². The fraction of sp³-hybridized carbons (Fsp3) is 0.296. The van der Waals surface area contributed by atoms with E-state index in [0.29, 0.717) is 0 Å². The molecule has 0 saturated carbocycles. The molecule has 2 nitrogen and oxygen atoms in total. The number of fused-ring (bicyclic) bond motifs is 11. The van der Waals surface area contributed by atoms with Crippen LogP contribution in [0.4, 0.5) is 17.1 Å². The maximum absolute atomic E-state index is 4.06. The van der Waals surface area contributed by atoms with Gasteiger partial charge in [0.1, 0.15) is 0 Å². The summed E-state index contributed by atoms with van der Waals surface area (Å²) in [6.45, 7) is 23.9. The first kappa shape index (κ1) is 34.9. The summed E-state index contributed by atoms with van der Waals surface area (Å²) in [5.74, 6) is 0. The largest absolute Gasteiger partial charge is 0.357 e. The van der Waals surface area contributed by atoms with Crippen LogP contribution in [0.1, 0.15) is 113 Å². The molecule has 4 aliphatic rings. The molecule has 6 aromatic carbocycles. The van der Waals surface area contributed by atoms with Crippen LogP contribution in [0.5, 0.6) is 0 Å². The van der Waals surface area contributed by atoms with Gasteiger partial charge in [-0.3, -0.25) is 0 Å². The van der Waals surface area contributed by atoms with E-state index in [-0.39, 0.29) is 21.7 Å². The van der Waals surface area contributed by atoms with Gasteiger partial charge in [0.2, 0.25) is 0 Å². The third kappa shape index (κ3) is 4.60. The highest BCUT2D eigenvalue weighted by molar-refractivity contribution is 6.73. The smallest absolute Gasteiger partial charge is 0.197 e. The zero-order valence-corrected chi connectivity index (χ0v) is 35.3. The van der Waals surface area contributed by atoms with Crippen LogP contribution in [-0.4, -0.2) is 12.3 Å². The highest BCUT2D eigenvalue weighted by Gasteiger charge is 2.42. The first-order valence-electron chi connectivity index (χ1n) is 21.1. The van der Waals surface area contributed by atoms with E-state index in [0.717, 1.165) is 0 Å². The molecule has 0 spiro atoms. The van der Waals surface area contributed by atoms with Crippen molar-refractivity contribution >= 4 is 46.2 Å². The Bertz CT molecular complexity index is 2910. The van der Waals surface area contributed by atoms with Crippen molar-refractivity contribution in [2.75, 3.05) is 4.90 Å². The van der Waals surface area contributed by atoms with E-state index in [2.05, 4.69) is 190 Å². The Hall–Kier alpha value is -5.28. The molecular formula is C54H52BN2. The zero-order chi connectivity index (χ0) is 39.6. The second-order valence-electron chi connectivity index (χ2n) is 20.1. The Morgan fingerprint density at radius 3 is 1.91 bits per heavy atom. The Labute approximate surface area is 339 Å². The minimum atomic E-state index is -0.104. The number of aromatic nitrogens is 1. The van der Waals surface area contributed by atoms with Crippen LogP contribution < -0.4 is 15.8 Å². The van der Waals surface area contributed by atoms with Gasteiger partial charge < -0.3 is 9.88 Å². The lowest BCUT2D eigenvalue weighted by Gasteiger charge is -2.44. The first-order chi connectivity index (χ1) is 27.1. The van der Waals surface area contributed by atoms with E-state index in [1.54, 1.807) is 0 Å². The molecule has 0 unspecified atom stereocenters. The summed E-state index contributed by atoms with van der Waals surface area (Å²) >= 11 is 0. The number of hydrogen-bond acceptors (Lipinski definition) is 1. The average molecular weight is 740 g/mol. The summed E-state index contributed by atoms with van der Waals surface area (Å²) in [7, 11) is 2.50. The van der Waals surface area contributed by atoms with Crippen LogP contribution in [0.15, 0.2) is 103 Å². The van der Waals surface area contributed by atoms with Crippen molar-refractivity contribution in [2.45, 2.75) is 104 Å². The maximum atomic E-state index is 4.06. The van der Waals surface area contributed by atoms with E-state index < -0.39 is 0 Å². The molecule has 11 rings (SSSR count). The number of nitrogens with one attached hydrogen (secondary N) is 1. The second-order valence-corrected chi connectivity index (χ2v) is 20.1. The number of aryl methyl sites for hydroxylation is 2. The summed E-state index contributed by atoms with van der Waals surface area (Å²) in [5, 5.41) is 1.30. The van der Waals surface area contributed by atoms with Crippen molar-refractivity contribution in [3.63, 3.8) is 0 Å². The van der Waals surface area contributed by atoms with E-state index in [9.17, 15) is 0 Å². The van der Waals surface area contributed by atoms with Crippen molar-refractivity contribution in [3.8, 4) is 33.4 Å². The van der Waals surface area contributed by atoms with Crippen LogP contribution in [0.25, 0.3) is 44.3 Å². The predicted molar refractivity (Wildman–Crippen MR) is 243 cm³/mol. The van der Waals surface area contributed by atoms with Crippen molar-refractivity contribution in [1.29, 1.82) is 0 Å². The quantitative estimate of drug-likeness (QED) is 0.175. The van der Waals surface area contributed by atoms with Gasteiger partial charge in [0.05, 0.1) is 5.52 Å². The molecule has 2 heterocycles. The van der Waals surface area contributed by atoms with Gasteiger partial charge in [-0.2, -0.15) is 0 Å². The molecule has 0 fully saturated rings. The van der Waals surface area contributed by atoms with E-state index >= 15 is 0 Å². The van der Waals surface area contributed by atoms with Crippen molar-refractivity contribution in [2.24, 2.45) is 0 Å². The number of anilines is 3. The van der Waals surface area contributed by atoms with E-state index in [1.807, 2.05) is 0 Å². The number of para-hydroxylation sites is 1. The molecule has 1 radical (unpaired) electrons. The van der Waals surface area contributed by atoms with Gasteiger partial charge in [-0.1, -0.05) is 146 Å². The van der Waals surface area contributed by atoms with Crippen molar-refractivity contribution in [3.05, 3.63) is 148 Å². The third-order valence-electron chi connectivity index (χ3n) is 14.8. The summed E-state index contributed by atoms with van der Waals surface area (Å²) in [6.07, 6.45) is 2.39. The van der Waals surface area contributed by atoms with E-state index in [1.165, 1.54) is 130 Å². The van der Waals surface area contributed by atoms with Gasteiger partial charge in [-0.25, -0.2) is 0 Å². The Morgan fingerprint density at radius 2 is 1.18 bits per heavy atom. The molecule has 3 aliphatic carbocycles. The van der Waals surface area contributed by atoms with E-state index in [4.69, 9.17) is 0 Å². The maximum Gasteiger partial charge on any atom is 0.197 e. The molecule has 1 N–H and O–H groups in total. The minimum Gasteiger partial charge on any atom is -0.357 e. The highest BCUT2D eigenvalue weighted by atomic mass is 15.2. The summed E-state index contributed by atoms with van der Waals surface area (Å²) < 4.78 is 0. The van der Waals surface area contributed by atoms with Crippen LogP contribution in [-0.2, 0) is 21.7 Å². The first-order valence-corrected chi connectivity index (χ1v) is 21.1. The van der Waals surface area contributed by atoms with Gasteiger partial charge in [-0.15, -0.1) is 0 Å². The molecule has 0 amide bonds. The fourth-order valence-electron chi connectivity index (χ4n) is 11.5. The number of benzene rings is 6. The summed E-state index contributed by atoms with van der Waals surface area (Å²) in [6, 6.07) is 40.0. The number of nitrogens with zero attached hydrogens (tertiary/aromatic N) is 1. The lowest BCUT2D eigenvalue weighted by Crippen LogP contribution is -2.42. The fourth-order valence-corrected chi connectivity index (χ4v) is 11.5. The zero-order valence-electron chi connectivity index (χ0n) is 35.3. The summed E-state index contributed by atoms with van der Waals surface area (Å²) in [5.41, 5.74) is 26.7. The third-order valence-corrected chi connectivity index (χ3v) is 14.8. The van der Waals surface area contributed by atoms with Crippen molar-refractivity contribution in [1.82, 2.24) is 4.98 Å². The monoisotopic (exact) mass is 739 g/mol. The molecule has 0 atom stereocenters. The lowest BCUT2D eigenvalue weighted by atomic mass is 9.57. The van der Waals surface area contributed by atoms with Gasteiger partial charge in [0, 0.05) is 50.1 Å². The lowest BCUT2D eigenvalue weighted by molar-refractivity contribution is 0.332. The topological polar surface area (TPSA) is 19.0 Å². The molecule has 281 valence electrons. The second kappa shape index (κ2) is 11.2. The standard InChI is InChI=1S/C54H52BN2/c1-30-24-37(33-18-15-19-35-47-34-17-12-14-21-39(34)54(9,10)50(47)56-49(33)35)48-46(25-30)57(44-29-42-41(26-31(44)2)51(3,4)22-23-52(42,5)6)45-27-36-32-16-11-13-20-38(32)53(7,8)40(36)28-43(45)55-48/h11-21,24-29,56H,22-23H2,1-10H3. The molecule has 1 aromatic heterocycles. The number of hydrogen-bond donors (Lipinski definition) is 1. The van der Waals surface area contributed by atoms with Crippen LogP contribution in [0.3, 0.4) is 0 Å². The normalized spacial score (nSPS) is 18.2. The Morgan fingerprint density at radius 1 is 0.526 bits per heavy atom. The van der Waals surface area contributed by atoms with Crippen LogP contribution >= 0.6 is 0 Å². The SMILES string of the molecule is Cc1cc(-c2cccc3c4c([nH]c23)C(C)(C)c2ccccc2-4)c2c(c1)N(c1cc3c(cc1C)C(C)(C)CCC3(C)C)c1cc3c(cc1[B]2)C(C)(C)c1ccccc1-3. The molecule has 3 heteroatoms. The molecule has 0 saturated heterocycles. The van der Waals surface area contributed by atoms with Gasteiger partial charge >= 0.3 is 0 Å². The predicted octanol–water partition coefficient (Wildman–Crippen LogP) is 12.9. The van der Waals surface area contributed by atoms with Gasteiger partial charge in [0.25, 0.3) is 0 Å². The van der Waals surface area contributed by atoms with Crippen LogP contribution in [0, 0.1) is 13.8 Å². The van der Waals surface area contributed by atoms with Gasteiger partial charge in [0.15, 0.2) is 7.28 Å². The average Bonchev–Trinajstić information content (AvgIpc) is 3.76. The Balaban J connectivity index is 1.19. The molecule has 57 heavy (non-hydrogen) atoms. The minimum absolute atomic E-state index is 0.0904. The molecule has 0 bridgehead atoms. The van der Waals surface area contributed by atoms with Crippen molar-refractivity contribution < 1.29 is 0 Å². The summed E-state index contributed by atoms with van der Waals surface area (Å²) in [4.78, 5) is 6.69. The molecular weight excluding hydrogens is 687 g/mol. The molecule has 7 aromatic rings. The molecule has 1 aliphatic heterocycles. The van der Waals surface area contributed by atoms with Crippen LogP contribution in [0.2, 0.25) is 0 Å². The highest BCUT2D eigenvalue weighted by Crippen LogP contribution is 2.55.